The van der Waals surface area contributed by atoms with E-state index >= 15 is 0 Å². The second kappa shape index (κ2) is 7.81. The molecular formula is C16H16ClNO6S. The highest BCUT2D eigenvalue weighted by Gasteiger charge is 2.21. The van der Waals surface area contributed by atoms with E-state index in [4.69, 9.17) is 21.1 Å². The molecule has 0 aliphatic heterocycles. The van der Waals surface area contributed by atoms with Crippen molar-refractivity contribution in [1.82, 2.24) is 4.72 Å². The minimum atomic E-state index is -3.99. The predicted molar refractivity (Wildman–Crippen MR) is 92.9 cm³/mol. The summed E-state index contributed by atoms with van der Waals surface area (Å²) < 4.78 is 37.4. The van der Waals surface area contributed by atoms with Gasteiger partial charge in [0.2, 0.25) is 10.0 Å². The van der Waals surface area contributed by atoms with Crippen LogP contribution in [0, 0.1) is 0 Å². The summed E-state index contributed by atoms with van der Waals surface area (Å²) in [6, 6.07) is 4.76. The minimum Gasteiger partial charge on any atom is -0.493 e. The molecule has 2 aromatic carbocycles. The van der Waals surface area contributed by atoms with Gasteiger partial charge in [0.25, 0.3) is 0 Å². The zero-order valence-electron chi connectivity index (χ0n) is 13.5. The molecule has 0 spiro atoms. The first kappa shape index (κ1) is 19.2. The average Bonchev–Trinajstić information content (AvgIpc) is 2.60. The maximum Gasteiger partial charge on any atom is 0.241 e. The number of methoxy groups -OCH3 is 2. The molecule has 0 aromatic heterocycles. The average molecular weight is 386 g/mol. The van der Waals surface area contributed by atoms with Gasteiger partial charge < -0.3 is 19.1 Å². The lowest BCUT2D eigenvalue weighted by Gasteiger charge is -2.14. The third kappa shape index (κ3) is 3.92. The van der Waals surface area contributed by atoms with Crippen LogP contribution >= 0.6 is 11.6 Å². The van der Waals surface area contributed by atoms with E-state index in [-0.39, 0.29) is 11.3 Å². The van der Waals surface area contributed by atoms with Crippen molar-refractivity contribution in [3.05, 3.63) is 29.3 Å². The van der Waals surface area contributed by atoms with Crippen LogP contribution in [-0.2, 0) is 19.6 Å². The minimum absolute atomic E-state index is 0.0685. The summed E-state index contributed by atoms with van der Waals surface area (Å²) in [6.07, 6.45) is 0.601. The largest absolute Gasteiger partial charge is 0.493 e. The summed E-state index contributed by atoms with van der Waals surface area (Å²) in [4.78, 5) is 21.3. The summed E-state index contributed by atoms with van der Waals surface area (Å²) >= 11 is 6.29. The van der Waals surface area contributed by atoms with Crippen LogP contribution in [0.1, 0.15) is 6.42 Å². The lowest BCUT2D eigenvalue weighted by molar-refractivity contribution is -0.113. The maximum atomic E-state index is 12.4. The van der Waals surface area contributed by atoms with Gasteiger partial charge in [0.15, 0.2) is 11.5 Å². The maximum absolute atomic E-state index is 12.4. The van der Waals surface area contributed by atoms with Crippen molar-refractivity contribution in [2.45, 2.75) is 17.4 Å². The van der Waals surface area contributed by atoms with Crippen LogP contribution in [0.25, 0.3) is 10.8 Å². The van der Waals surface area contributed by atoms with E-state index < -0.39 is 16.1 Å². The Morgan fingerprint density at radius 1 is 1.20 bits per heavy atom. The Labute approximate surface area is 149 Å². The number of fused-ring (bicyclic) bond motifs is 1. The fourth-order valence-electron chi connectivity index (χ4n) is 2.31. The first-order chi connectivity index (χ1) is 11.9. The molecule has 25 heavy (non-hydrogen) atoms. The number of aldehydes is 2. The van der Waals surface area contributed by atoms with Crippen LogP contribution in [0.2, 0.25) is 5.02 Å². The molecule has 7 nitrogen and oxygen atoms in total. The molecule has 1 N–H and O–H groups in total. The zero-order chi connectivity index (χ0) is 18.6. The van der Waals surface area contributed by atoms with Crippen LogP contribution in [0.4, 0.5) is 0 Å². The Balaban J connectivity index is 2.53. The Bertz CT molecular complexity index is 912. The number of ether oxygens (including phenoxy) is 2. The molecule has 134 valence electrons. The van der Waals surface area contributed by atoms with E-state index in [1.807, 2.05) is 0 Å². The molecule has 0 aliphatic carbocycles. The lowest BCUT2D eigenvalue weighted by Crippen LogP contribution is -2.36. The van der Waals surface area contributed by atoms with Crippen molar-refractivity contribution in [3.8, 4) is 11.5 Å². The molecule has 0 unspecified atom stereocenters. The third-order valence-electron chi connectivity index (χ3n) is 3.52. The number of hydrogen-bond acceptors (Lipinski definition) is 6. The summed E-state index contributed by atoms with van der Waals surface area (Å²) in [6.45, 7) is 0. The molecule has 0 amide bonds. The number of rotatable bonds is 8. The van der Waals surface area contributed by atoms with Crippen LogP contribution < -0.4 is 14.2 Å². The summed E-state index contributed by atoms with van der Waals surface area (Å²) in [5.41, 5.74) is 0. The molecule has 1 atom stereocenters. The Kier molecular flexibility index (Phi) is 5.99. The molecule has 0 fully saturated rings. The highest BCUT2D eigenvalue weighted by Crippen LogP contribution is 2.41. The van der Waals surface area contributed by atoms with Crippen LogP contribution in [0.3, 0.4) is 0 Å². The van der Waals surface area contributed by atoms with Crippen molar-refractivity contribution in [2.24, 2.45) is 0 Å². The fraction of sp³-hybridized carbons (Fsp3) is 0.250. The predicted octanol–water partition coefficient (Wildman–Crippen LogP) is 1.95. The quantitative estimate of drug-likeness (QED) is 0.697. The summed E-state index contributed by atoms with van der Waals surface area (Å²) in [5.74, 6) is 0.701. The molecule has 0 saturated heterocycles. The molecule has 9 heteroatoms. The molecule has 0 heterocycles. The van der Waals surface area contributed by atoms with Crippen LogP contribution in [0.5, 0.6) is 11.5 Å². The Morgan fingerprint density at radius 3 is 2.48 bits per heavy atom. The van der Waals surface area contributed by atoms with E-state index in [0.29, 0.717) is 39.9 Å². The number of carbonyl (C=O) groups excluding carboxylic acids is 2. The second-order valence-corrected chi connectivity index (χ2v) is 7.17. The van der Waals surface area contributed by atoms with Crippen LogP contribution in [-0.4, -0.2) is 41.3 Å². The Morgan fingerprint density at radius 2 is 1.92 bits per heavy atom. The SMILES string of the molecule is COc1cc2cc(S(=O)(=O)N[C@H](C=O)CC=O)ccc2c(Cl)c1OC. The van der Waals surface area contributed by atoms with Gasteiger partial charge in [-0.05, 0) is 23.6 Å². The standard InChI is InChI=1S/C16H16ClNO6S/c1-23-14-8-10-7-12(3-4-13(10)15(17)16(14)24-2)25(21,22)18-11(9-20)5-6-19/h3-4,6-9,11,18H,5H2,1-2H3/t11-/m0/s1. The molecule has 0 bridgehead atoms. The smallest absolute Gasteiger partial charge is 0.241 e. The fourth-order valence-corrected chi connectivity index (χ4v) is 3.87. The zero-order valence-corrected chi connectivity index (χ0v) is 15.1. The number of halogens is 1. The van der Waals surface area contributed by atoms with Gasteiger partial charge in [0.1, 0.15) is 12.6 Å². The van der Waals surface area contributed by atoms with Gasteiger partial charge >= 0.3 is 0 Å². The molecule has 0 aliphatic rings. The van der Waals surface area contributed by atoms with Gasteiger partial charge in [-0.1, -0.05) is 17.7 Å². The third-order valence-corrected chi connectivity index (χ3v) is 5.39. The van der Waals surface area contributed by atoms with Gasteiger partial charge in [-0.3, -0.25) is 0 Å². The first-order valence-corrected chi connectivity index (χ1v) is 8.99. The van der Waals surface area contributed by atoms with Crippen molar-refractivity contribution in [3.63, 3.8) is 0 Å². The highest BCUT2D eigenvalue weighted by atomic mass is 35.5. The molecule has 0 radical (unpaired) electrons. The summed E-state index contributed by atoms with van der Waals surface area (Å²) in [5, 5.41) is 1.39. The number of hydrogen-bond donors (Lipinski definition) is 1. The van der Waals surface area contributed by atoms with Gasteiger partial charge in [-0.2, -0.15) is 0 Å². The number of benzene rings is 2. The number of sulfonamides is 1. The van der Waals surface area contributed by atoms with Gasteiger partial charge in [0.05, 0.1) is 30.2 Å². The second-order valence-electron chi connectivity index (χ2n) is 5.08. The van der Waals surface area contributed by atoms with Crippen molar-refractivity contribution < 1.29 is 27.5 Å². The van der Waals surface area contributed by atoms with Crippen molar-refractivity contribution in [2.75, 3.05) is 14.2 Å². The van der Waals surface area contributed by atoms with Gasteiger partial charge in [-0.15, -0.1) is 0 Å². The van der Waals surface area contributed by atoms with E-state index in [0.717, 1.165) is 0 Å². The molecule has 2 aromatic rings. The van der Waals surface area contributed by atoms with E-state index in [2.05, 4.69) is 4.72 Å². The molecule has 2 rings (SSSR count). The Hall–Kier alpha value is -2.16. The monoisotopic (exact) mass is 385 g/mol. The van der Waals surface area contributed by atoms with Crippen LogP contribution in [0.15, 0.2) is 29.2 Å². The van der Waals surface area contributed by atoms with Crippen molar-refractivity contribution >= 4 is 45.0 Å². The van der Waals surface area contributed by atoms with E-state index in [1.165, 1.54) is 32.4 Å². The number of carbonyl (C=O) groups is 2. The van der Waals surface area contributed by atoms with Crippen molar-refractivity contribution in [1.29, 1.82) is 0 Å². The lowest BCUT2D eigenvalue weighted by atomic mass is 10.1. The van der Waals surface area contributed by atoms with E-state index in [1.54, 1.807) is 6.07 Å². The normalized spacial score (nSPS) is 12.6. The van der Waals surface area contributed by atoms with Gasteiger partial charge in [0, 0.05) is 11.8 Å². The van der Waals surface area contributed by atoms with Gasteiger partial charge in [-0.25, -0.2) is 13.1 Å². The molecule has 0 saturated carbocycles. The molecular weight excluding hydrogens is 370 g/mol. The first-order valence-electron chi connectivity index (χ1n) is 7.13. The summed E-state index contributed by atoms with van der Waals surface area (Å²) in [7, 11) is -1.10. The number of nitrogens with one attached hydrogen (secondary N) is 1. The highest BCUT2D eigenvalue weighted by molar-refractivity contribution is 7.89. The van der Waals surface area contributed by atoms with E-state index in [9.17, 15) is 18.0 Å². The topological polar surface area (TPSA) is 98.8 Å².